The highest BCUT2D eigenvalue weighted by atomic mass is 16.5. The number of carbonyl (C=O) groups excluding carboxylic acids is 1. The lowest BCUT2D eigenvalue weighted by molar-refractivity contribution is -0.130. The van der Waals surface area contributed by atoms with Crippen molar-refractivity contribution in [2.24, 2.45) is 5.41 Å². The van der Waals surface area contributed by atoms with Gasteiger partial charge in [0, 0.05) is 53.0 Å². The van der Waals surface area contributed by atoms with Crippen molar-refractivity contribution in [3.05, 3.63) is 0 Å². The van der Waals surface area contributed by atoms with Gasteiger partial charge in [0.15, 0.2) is 0 Å². The molecule has 0 aromatic rings. The van der Waals surface area contributed by atoms with Crippen molar-refractivity contribution in [2.45, 2.75) is 20.3 Å². The normalized spacial score (nSPS) is 17.7. The Morgan fingerprint density at radius 2 is 2.06 bits per heavy atom. The Bertz CT molecular complexity index is 251. The van der Waals surface area contributed by atoms with Crippen molar-refractivity contribution in [2.75, 3.05) is 53.0 Å². The van der Waals surface area contributed by atoms with Gasteiger partial charge in [-0.1, -0.05) is 0 Å². The van der Waals surface area contributed by atoms with Crippen LogP contribution in [0.3, 0.4) is 0 Å². The van der Waals surface area contributed by atoms with Crippen molar-refractivity contribution >= 4 is 5.91 Å². The van der Waals surface area contributed by atoms with Crippen molar-refractivity contribution in [1.82, 2.24) is 15.5 Å². The van der Waals surface area contributed by atoms with Crippen LogP contribution in [0, 0.1) is 5.41 Å². The van der Waals surface area contributed by atoms with Crippen LogP contribution in [0.5, 0.6) is 0 Å². The van der Waals surface area contributed by atoms with E-state index < -0.39 is 0 Å². The van der Waals surface area contributed by atoms with Gasteiger partial charge in [0.25, 0.3) is 0 Å². The summed E-state index contributed by atoms with van der Waals surface area (Å²) < 4.78 is 4.96. The molecule has 18 heavy (non-hydrogen) atoms. The van der Waals surface area contributed by atoms with Gasteiger partial charge in [-0.3, -0.25) is 9.69 Å². The minimum atomic E-state index is -0.329. The lowest BCUT2D eigenvalue weighted by Crippen LogP contribution is -2.50. The minimum absolute atomic E-state index is 0.136. The molecular formula is C13H27N3O2. The van der Waals surface area contributed by atoms with Crippen molar-refractivity contribution in [3.63, 3.8) is 0 Å². The quantitative estimate of drug-likeness (QED) is 0.634. The third kappa shape index (κ3) is 5.33. The zero-order chi connectivity index (χ0) is 13.4. The molecular weight excluding hydrogens is 230 g/mol. The zero-order valence-corrected chi connectivity index (χ0v) is 11.9. The van der Waals surface area contributed by atoms with Crippen LogP contribution in [-0.2, 0) is 9.53 Å². The second-order valence-electron chi connectivity index (χ2n) is 5.51. The molecule has 0 radical (unpaired) electrons. The summed E-state index contributed by atoms with van der Waals surface area (Å²) in [6, 6.07) is 0. The molecule has 1 aliphatic rings. The van der Waals surface area contributed by atoms with Crippen molar-refractivity contribution in [1.29, 1.82) is 0 Å². The fourth-order valence-electron chi connectivity index (χ4n) is 2.16. The molecule has 0 aromatic carbocycles. The fraction of sp³-hybridized carbons (Fsp3) is 0.923. The molecule has 0 spiro atoms. The number of rotatable bonds is 7. The Hall–Kier alpha value is -0.650. The van der Waals surface area contributed by atoms with Crippen LogP contribution in [-0.4, -0.2) is 63.8 Å². The Morgan fingerprint density at radius 1 is 1.39 bits per heavy atom. The third-order valence-corrected chi connectivity index (χ3v) is 3.25. The van der Waals surface area contributed by atoms with Crippen LogP contribution in [0.2, 0.25) is 0 Å². The molecule has 1 saturated heterocycles. The molecule has 0 unspecified atom stereocenters. The minimum Gasteiger partial charge on any atom is -0.385 e. The fourth-order valence-corrected chi connectivity index (χ4v) is 2.16. The SMILES string of the molecule is COCCCNC(=O)C(C)(C)CN1CCNCC1. The number of hydrogen-bond donors (Lipinski definition) is 2. The molecule has 5 heteroatoms. The van der Waals surface area contributed by atoms with E-state index in [1.807, 2.05) is 13.8 Å². The highest BCUT2D eigenvalue weighted by Gasteiger charge is 2.30. The largest absolute Gasteiger partial charge is 0.385 e. The number of nitrogens with zero attached hydrogens (tertiary/aromatic N) is 1. The molecule has 0 aromatic heterocycles. The molecule has 1 amide bonds. The van der Waals surface area contributed by atoms with Crippen molar-refractivity contribution < 1.29 is 9.53 Å². The molecule has 0 saturated carbocycles. The third-order valence-electron chi connectivity index (χ3n) is 3.25. The first-order valence-electron chi connectivity index (χ1n) is 6.76. The average Bonchev–Trinajstić information content (AvgIpc) is 2.35. The van der Waals surface area contributed by atoms with Gasteiger partial charge in [0.2, 0.25) is 5.91 Å². The molecule has 1 heterocycles. The summed E-state index contributed by atoms with van der Waals surface area (Å²) in [7, 11) is 1.68. The molecule has 1 rings (SSSR count). The second-order valence-corrected chi connectivity index (χ2v) is 5.51. The molecule has 1 fully saturated rings. The molecule has 0 atom stereocenters. The van der Waals surface area contributed by atoms with Crippen LogP contribution < -0.4 is 10.6 Å². The standard InChI is InChI=1S/C13H27N3O2/c1-13(2,11-16-8-6-14-7-9-16)12(17)15-5-4-10-18-3/h14H,4-11H2,1-3H3,(H,15,17). The molecule has 0 aliphatic carbocycles. The summed E-state index contributed by atoms with van der Waals surface area (Å²) in [6.45, 7) is 10.3. The molecule has 106 valence electrons. The smallest absolute Gasteiger partial charge is 0.226 e. The monoisotopic (exact) mass is 257 g/mol. The van der Waals surface area contributed by atoms with E-state index in [2.05, 4.69) is 15.5 Å². The summed E-state index contributed by atoms with van der Waals surface area (Å²) in [5.74, 6) is 0.136. The maximum absolute atomic E-state index is 12.1. The van der Waals surface area contributed by atoms with Gasteiger partial charge in [-0.05, 0) is 20.3 Å². The lowest BCUT2D eigenvalue weighted by atomic mass is 9.91. The van der Waals surface area contributed by atoms with Gasteiger partial charge in [-0.25, -0.2) is 0 Å². The Morgan fingerprint density at radius 3 is 2.67 bits per heavy atom. The number of amides is 1. The first-order chi connectivity index (χ1) is 8.56. The highest BCUT2D eigenvalue weighted by molar-refractivity contribution is 5.82. The van der Waals surface area contributed by atoms with Crippen LogP contribution in [0.1, 0.15) is 20.3 Å². The first kappa shape index (κ1) is 15.4. The van der Waals surface area contributed by atoms with Crippen LogP contribution in [0.4, 0.5) is 0 Å². The van der Waals surface area contributed by atoms with Crippen molar-refractivity contribution in [3.8, 4) is 0 Å². The van der Waals surface area contributed by atoms with Crippen LogP contribution >= 0.6 is 0 Å². The highest BCUT2D eigenvalue weighted by Crippen LogP contribution is 2.17. The summed E-state index contributed by atoms with van der Waals surface area (Å²) in [4.78, 5) is 14.5. The molecule has 1 aliphatic heterocycles. The Kier molecular flexibility index (Phi) is 6.60. The number of ether oxygens (including phenoxy) is 1. The summed E-state index contributed by atoms with van der Waals surface area (Å²) in [5, 5.41) is 6.31. The predicted molar refractivity (Wildman–Crippen MR) is 72.6 cm³/mol. The lowest BCUT2D eigenvalue weighted by Gasteiger charge is -2.34. The number of hydrogen-bond acceptors (Lipinski definition) is 4. The van der Waals surface area contributed by atoms with E-state index >= 15 is 0 Å². The van der Waals surface area contributed by atoms with Gasteiger partial charge in [0.05, 0.1) is 5.41 Å². The topological polar surface area (TPSA) is 53.6 Å². The van der Waals surface area contributed by atoms with E-state index in [1.165, 1.54) is 0 Å². The number of nitrogens with one attached hydrogen (secondary N) is 2. The van der Waals surface area contributed by atoms with E-state index in [-0.39, 0.29) is 11.3 Å². The molecule has 0 bridgehead atoms. The van der Waals surface area contributed by atoms with Crippen LogP contribution in [0.25, 0.3) is 0 Å². The van der Waals surface area contributed by atoms with Gasteiger partial charge >= 0.3 is 0 Å². The van der Waals surface area contributed by atoms with Gasteiger partial charge in [-0.2, -0.15) is 0 Å². The summed E-state index contributed by atoms with van der Waals surface area (Å²) in [6.07, 6.45) is 0.867. The first-order valence-corrected chi connectivity index (χ1v) is 6.76. The summed E-state index contributed by atoms with van der Waals surface area (Å²) in [5.41, 5.74) is -0.329. The zero-order valence-electron chi connectivity index (χ0n) is 11.9. The van der Waals surface area contributed by atoms with Gasteiger partial charge in [-0.15, -0.1) is 0 Å². The number of piperazine rings is 1. The molecule has 5 nitrogen and oxygen atoms in total. The van der Waals surface area contributed by atoms with E-state index in [0.29, 0.717) is 13.2 Å². The van der Waals surface area contributed by atoms with E-state index in [1.54, 1.807) is 7.11 Å². The second kappa shape index (κ2) is 7.71. The predicted octanol–water partition coefficient (Wildman–Crippen LogP) is 0.0705. The average molecular weight is 257 g/mol. The maximum Gasteiger partial charge on any atom is 0.226 e. The maximum atomic E-state index is 12.1. The number of methoxy groups -OCH3 is 1. The summed E-state index contributed by atoms with van der Waals surface area (Å²) >= 11 is 0. The Labute approximate surface area is 110 Å². The van der Waals surface area contributed by atoms with Crippen LogP contribution in [0.15, 0.2) is 0 Å². The van der Waals surface area contributed by atoms with Gasteiger partial charge in [0.1, 0.15) is 0 Å². The van der Waals surface area contributed by atoms with E-state index in [4.69, 9.17) is 4.74 Å². The van der Waals surface area contributed by atoms with Gasteiger partial charge < -0.3 is 15.4 Å². The molecule has 2 N–H and O–H groups in total. The van der Waals surface area contributed by atoms with E-state index in [0.717, 1.165) is 39.1 Å². The Balaban J connectivity index is 2.29. The van der Waals surface area contributed by atoms with E-state index in [9.17, 15) is 4.79 Å². The number of carbonyl (C=O) groups is 1.